The van der Waals surface area contributed by atoms with Crippen molar-refractivity contribution >= 4 is 10.1 Å². The van der Waals surface area contributed by atoms with Crippen molar-refractivity contribution in [2.75, 3.05) is 19.3 Å². The predicted molar refractivity (Wildman–Crippen MR) is 75.4 cm³/mol. The zero-order chi connectivity index (χ0) is 14.9. The predicted octanol–water partition coefficient (Wildman–Crippen LogP) is 0.161. The van der Waals surface area contributed by atoms with Crippen molar-refractivity contribution in [3.63, 3.8) is 0 Å². The van der Waals surface area contributed by atoms with E-state index in [1.54, 1.807) is 0 Å². The Morgan fingerprint density at radius 3 is 2.16 bits per heavy atom. The molecular formula is C12H22N2O4S. The summed E-state index contributed by atoms with van der Waals surface area (Å²) < 4.78 is 27.3. The highest BCUT2D eigenvalue weighted by Gasteiger charge is 2.12. The lowest BCUT2D eigenvalue weighted by Crippen LogP contribution is -2.28. The van der Waals surface area contributed by atoms with Gasteiger partial charge >= 0.3 is 0 Å². The number of likely N-dealkylation sites (N-methyl/N-ethyl adjacent to an activating group) is 1. The molecule has 0 heterocycles. The molecule has 0 saturated heterocycles. The molecule has 1 rings (SSSR count). The number of nitrogens with two attached hydrogens (primary N) is 1. The zero-order valence-electron chi connectivity index (χ0n) is 11.2. The Morgan fingerprint density at radius 2 is 1.84 bits per heavy atom. The van der Waals surface area contributed by atoms with Crippen LogP contribution in [0.25, 0.3) is 0 Å². The lowest BCUT2D eigenvalue weighted by molar-refractivity contribution is 0.140. The maximum atomic E-state index is 9.73. The highest BCUT2D eigenvalue weighted by atomic mass is 32.2. The van der Waals surface area contributed by atoms with Gasteiger partial charge in [-0.15, -0.1) is 0 Å². The summed E-state index contributed by atoms with van der Waals surface area (Å²) in [6.07, 6.45) is -0.420. The van der Waals surface area contributed by atoms with E-state index in [1.165, 1.54) is 0 Å². The van der Waals surface area contributed by atoms with Crippen LogP contribution in [0.3, 0.4) is 0 Å². The fourth-order valence-corrected chi connectivity index (χ4v) is 1.54. The molecule has 110 valence electrons. The summed E-state index contributed by atoms with van der Waals surface area (Å²) in [5.74, 6) is -0.354. The molecule has 1 aromatic rings. The second-order valence-corrected chi connectivity index (χ2v) is 5.58. The van der Waals surface area contributed by atoms with Crippen LogP contribution in [-0.4, -0.2) is 43.5 Å². The van der Waals surface area contributed by atoms with Crippen molar-refractivity contribution in [2.45, 2.75) is 19.1 Å². The molecule has 0 spiro atoms. The van der Waals surface area contributed by atoms with E-state index in [-0.39, 0.29) is 18.3 Å². The molecule has 1 aromatic carbocycles. The summed E-state index contributed by atoms with van der Waals surface area (Å²) in [7, 11) is -1.96. The van der Waals surface area contributed by atoms with Gasteiger partial charge < -0.3 is 16.2 Å². The first-order valence-electron chi connectivity index (χ1n) is 5.87. The van der Waals surface area contributed by atoms with Gasteiger partial charge in [0.05, 0.1) is 11.9 Å². The van der Waals surface area contributed by atoms with Gasteiger partial charge in [0.15, 0.2) is 0 Å². The van der Waals surface area contributed by atoms with Crippen molar-refractivity contribution in [3.05, 3.63) is 35.9 Å². The molecule has 0 aliphatic carbocycles. The Morgan fingerprint density at radius 1 is 1.32 bits per heavy atom. The van der Waals surface area contributed by atoms with Gasteiger partial charge in [0.25, 0.3) is 10.1 Å². The van der Waals surface area contributed by atoms with Crippen molar-refractivity contribution in [1.82, 2.24) is 5.32 Å². The van der Waals surface area contributed by atoms with E-state index in [0.29, 0.717) is 0 Å². The summed E-state index contributed by atoms with van der Waals surface area (Å²) in [5, 5.41) is 12.7. The van der Waals surface area contributed by atoms with Crippen LogP contribution in [0.5, 0.6) is 0 Å². The van der Waals surface area contributed by atoms with E-state index in [4.69, 9.17) is 10.3 Å². The summed E-state index contributed by atoms with van der Waals surface area (Å²) in [6.45, 7) is 1.93. The molecule has 0 saturated carbocycles. The number of aliphatic hydroxyl groups excluding tert-OH is 1. The molecule has 6 nitrogen and oxygen atoms in total. The summed E-state index contributed by atoms with van der Waals surface area (Å²) in [5.41, 5.74) is 5.73. The Kier molecular flexibility index (Phi) is 8.53. The number of nitrogens with one attached hydrogen (secondary N) is 1. The smallest absolute Gasteiger partial charge is 0.266 e. The van der Waals surface area contributed by atoms with E-state index in [9.17, 15) is 13.5 Å². The molecule has 5 N–H and O–H groups in total. The van der Waals surface area contributed by atoms with Crippen LogP contribution in [0.2, 0.25) is 0 Å². The average molecular weight is 290 g/mol. The molecule has 7 heteroatoms. The first-order chi connectivity index (χ1) is 8.81. The van der Waals surface area contributed by atoms with Gasteiger partial charge in [-0.25, -0.2) is 0 Å². The van der Waals surface area contributed by atoms with Gasteiger partial charge in [-0.05, 0) is 19.5 Å². The van der Waals surface area contributed by atoms with Gasteiger partial charge in [0, 0.05) is 12.6 Å². The second-order valence-electron chi connectivity index (χ2n) is 4.01. The fourth-order valence-electron chi connectivity index (χ4n) is 1.25. The SMILES string of the molecule is CNC(C)C(O)c1ccccc1.NCCS(=O)(=O)O. The lowest BCUT2D eigenvalue weighted by atomic mass is 10.0. The van der Waals surface area contributed by atoms with Crippen LogP contribution in [0.4, 0.5) is 0 Å². The summed E-state index contributed by atoms with van der Waals surface area (Å²) >= 11 is 0. The molecule has 0 amide bonds. The van der Waals surface area contributed by atoms with Gasteiger partial charge in [0.1, 0.15) is 0 Å². The topological polar surface area (TPSA) is 113 Å². The molecule has 0 aromatic heterocycles. The Balaban J connectivity index is 0.000000399. The third-order valence-corrected chi connectivity index (χ3v) is 3.20. The molecule has 0 fully saturated rings. The zero-order valence-corrected chi connectivity index (χ0v) is 12.0. The monoisotopic (exact) mass is 290 g/mol. The second kappa shape index (κ2) is 9.00. The van der Waals surface area contributed by atoms with E-state index >= 15 is 0 Å². The minimum atomic E-state index is -3.80. The van der Waals surface area contributed by atoms with Crippen LogP contribution < -0.4 is 11.1 Å². The van der Waals surface area contributed by atoms with E-state index in [2.05, 4.69) is 5.32 Å². The van der Waals surface area contributed by atoms with Crippen LogP contribution in [-0.2, 0) is 10.1 Å². The molecule has 0 radical (unpaired) electrons. The van der Waals surface area contributed by atoms with Gasteiger partial charge in [-0.1, -0.05) is 30.3 Å². The molecular weight excluding hydrogens is 268 g/mol. The highest BCUT2D eigenvalue weighted by molar-refractivity contribution is 7.85. The normalized spacial score (nSPS) is 14.2. The van der Waals surface area contributed by atoms with Crippen LogP contribution >= 0.6 is 0 Å². The van der Waals surface area contributed by atoms with Crippen molar-refractivity contribution in [2.24, 2.45) is 5.73 Å². The van der Waals surface area contributed by atoms with Crippen molar-refractivity contribution in [3.8, 4) is 0 Å². The minimum absolute atomic E-state index is 0.0289. The number of aliphatic hydroxyl groups is 1. The molecule has 0 aliphatic heterocycles. The molecule has 2 atom stereocenters. The molecule has 0 aliphatic rings. The van der Waals surface area contributed by atoms with E-state index < -0.39 is 16.2 Å². The average Bonchev–Trinajstić information content (AvgIpc) is 2.37. The molecule has 19 heavy (non-hydrogen) atoms. The summed E-state index contributed by atoms with van der Waals surface area (Å²) in [6, 6.07) is 9.76. The lowest BCUT2D eigenvalue weighted by Gasteiger charge is -2.17. The minimum Gasteiger partial charge on any atom is -0.387 e. The summed E-state index contributed by atoms with van der Waals surface area (Å²) in [4.78, 5) is 0. The van der Waals surface area contributed by atoms with Gasteiger partial charge in [-0.2, -0.15) is 8.42 Å². The Bertz CT molecular complexity index is 436. The van der Waals surface area contributed by atoms with Crippen LogP contribution in [0.15, 0.2) is 30.3 Å². The first kappa shape index (κ1) is 18.0. The van der Waals surface area contributed by atoms with E-state index in [1.807, 2.05) is 44.3 Å². The standard InChI is InChI=1S/C10H15NO.C2H7NO3S/c1-8(11-2)10(12)9-6-4-3-5-7-9;3-1-2-7(4,5)6/h3-8,10-12H,1-2H3;1-3H2,(H,4,5,6). The fraction of sp³-hybridized carbons (Fsp3) is 0.500. The Labute approximate surface area is 114 Å². The molecule has 0 bridgehead atoms. The van der Waals surface area contributed by atoms with E-state index in [0.717, 1.165) is 5.56 Å². The largest absolute Gasteiger partial charge is 0.387 e. The Hall–Kier alpha value is -0.990. The first-order valence-corrected chi connectivity index (χ1v) is 7.48. The highest BCUT2D eigenvalue weighted by Crippen LogP contribution is 2.15. The van der Waals surface area contributed by atoms with Crippen molar-refractivity contribution < 1.29 is 18.1 Å². The van der Waals surface area contributed by atoms with Crippen LogP contribution in [0, 0.1) is 0 Å². The maximum absolute atomic E-state index is 9.73. The maximum Gasteiger partial charge on any atom is 0.266 e. The number of rotatable bonds is 5. The number of hydrogen-bond acceptors (Lipinski definition) is 5. The van der Waals surface area contributed by atoms with Crippen molar-refractivity contribution in [1.29, 1.82) is 0 Å². The number of hydrogen-bond donors (Lipinski definition) is 4. The van der Waals surface area contributed by atoms with Gasteiger partial charge in [0.2, 0.25) is 0 Å². The quantitative estimate of drug-likeness (QED) is 0.575. The van der Waals surface area contributed by atoms with Crippen LogP contribution in [0.1, 0.15) is 18.6 Å². The third kappa shape index (κ3) is 8.68. The molecule has 2 unspecified atom stereocenters. The number of benzene rings is 1. The third-order valence-electron chi connectivity index (χ3n) is 2.45. The van der Waals surface area contributed by atoms with Gasteiger partial charge in [-0.3, -0.25) is 4.55 Å².